The van der Waals surface area contributed by atoms with E-state index in [0.29, 0.717) is 13.1 Å². The maximum absolute atomic E-state index is 13.0. The lowest BCUT2D eigenvalue weighted by atomic mass is 10.0. The monoisotopic (exact) mass is 410 g/mol. The predicted octanol–water partition coefficient (Wildman–Crippen LogP) is 2.08. The summed E-state index contributed by atoms with van der Waals surface area (Å²) in [4.78, 5) is 21.2. The average molecular weight is 411 g/mol. The number of anilines is 1. The van der Waals surface area contributed by atoms with Crippen molar-refractivity contribution in [3.63, 3.8) is 0 Å². The van der Waals surface area contributed by atoms with Gasteiger partial charge in [-0.15, -0.1) is 0 Å². The van der Waals surface area contributed by atoms with Gasteiger partial charge in [0.1, 0.15) is 5.75 Å². The maximum Gasteiger partial charge on any atom is 0.260 e. The molecular formula is C23H30N4O3. The van der Waals surface area contributed by atoms with Gasteiger partial charge in [0.15, 0.2) is 6.61 Å². The van der Waals surface area contributed by atoms with Crippen molar-refractivity contribution in [3.05, 3.63) is 53.9 Å². The van der Waals surface area contributed by atoms with E-state index in [1.54, 1.807) is 17.3 Å². The zero-order valence-electron chi connectivity index (χ0n) is 17.5. The van der Waals surface area contributed by atoms with Crippen LogP contribution in [0.1, 0.15) is 30.0 Å². The smallest absolute Gasteiger partial charge is 0.260 e. The number of β-amino-alcohol motifs (C(OH)–C–C–N with tert-alkyl or cyclic N) is 1. The molecule has 160 valence electrons. The molecule has 1 saturated heterocycles. The first kappa shape index (κ1) is 20.6. The quantitative estimate of drug-likeness (QED) is 0.728. The molecule has 7 heteroatoms. The van der Waals surface area contributed by atoms with Crippen LogP contribution in [-0.4, -0.2) is 71.7 Å². The third kappa shape index (κ3) is 4.74. The van der Waals surface area contributed by atoms with Gasteiger partial charge in [0.25, 0.3) is 5.91 Å². The number of aryl methyl sites for hydroxylation is 1. The number of ether oxygens (including phenoxy) is 1. The lowest BCUT2D eigenvalue weighted by Gasteiger charge is -2.32. The summed E-state index contributed by atoms with van der Waals surface area (Å²) in [5.41, 5.74) is 3.22. The summed E-state index contributed by atoms with van der Waals surface area (Å²) in [5.74, 6) is 0.645. The van der Waals surface area contributed by atoms with Crippen LogP contribution in [0.25, 0.3) is 0 Å². The minimum atomic E-state index is -0.291. The van der Waals surface area contributed by atoms with Crippen molar-refractivity contribution in [2.24, 2.45) is 0 Å². The second-order valence-electron chi connectivity index (χ2n) is 8.12. The maximum atomic E-state index is 13.0. The minimum Gasteiger partial charge on any atom is -0.482 e. The number of hydrogen-bond acceptors (Lipinski definition) is 6. The van der Waals surface area contributed by atoms with E-state index in [-0.39, 0.29) is 24.7 Å². The summed E-state index contributed by atoms with van der Waals surface area (Å²) in [6, 6.07) is 9.72. The Labute approximate surface area is 177 Å². The number of carbonyl (C=O) groups is 1. The van der Waals surface area contributed by atoms with Gasteiger partial charge in [0, 0.05) is 45.6 Å². The van der Waals surface area contributed by atoms with Crippen molar-refractivity contribution >= 4 is 11.6 Å². The normalized spacial score (nSPS) is 19.6. The zero-order chi connectivity index (χ0) is 20.9. The highest BCUT2D eigenvalue weighted by atomic mass is 16.5. The number of likely N-dealkylation sites (N-methyl/N-ethyl adjacent to an activating group) is 1. The number of aliphatic hydroxyl groups excluding tert-OH is 1. The summed E-state index contributed by atoms with van der Waals surface area (Å²) < 4.78 is 5.94. The van der Waals surface area contributed by atoms with Crippen LogP contribution in [0.3, 0.4) is 0 Å². The number of aromatic nitrogens is 1. The molecule has 0 bridgehead atoms. The van der Waals surface area contributed by atoms with Gasteiger partial charge in [0.05, 0.1) is 17.8 Å². The minimum absolute atomic E-state index is 0.0198. The number of nitrogens with one attached hydrogen (secondary N) is 1. The largest absolute Gasteiger partial charge is 0.482 e. The average Bonchev–Trinajstić information content (AvgIpc) is 3.20. The first-order valence-corrected chi connectivity index (χ1v) is 10.7. The fourth-order valence-electron chi connectivity index (χ4n) is 4.26. The van der Waals surface area contributed by atoms with Crippen molar-refractivity contribution < 1.29 is 14.6 Å². The van der Waals surface area contributed by atoms with Crippen LogP contribution in [0.15, 0.2) is 42.7 Å². The molecule has 1 amide bonds. The molecule has 2 N–H and O–H groups in total. The number of fused-ring (bicyclic) bond motifs is 1. The van der Waals surface area contributed by atoms with Crippen molar-refractivity contribution in [2.75, 3.05) is 45.2 Å². The Hall–Kier alpha value is -2.64. The molecule has 7 nitrogen and oxygen atoms in total. The molecule has 0 radical (unpaired) electrons. The molecule has 0 saturated carbocycles. The lowest BCUT2D eigenvalue weighted by Crippen LogP contribution is -2.41. The molecule has 2 atom stereocenters. The number of benzene rings is 1. The molecule has 0 spiro atoms. The van der Waals surface area contributed by atoms with Crippen molar-refractivity contribution in [3.8, 4) is 5.75 Å². The topological polar surface area (TPSA) is 77.9 Å². The summed E-state index contributed by atoms with van der Waals surface area (Å²) >= 11 is 0. The molecule has 1 aromatic heterocycles. The van der Waals surface area contributed by atoms with Gasteiger partial charge in [-0.1, -0.05) is 18.2 Å². The number of amides is 1. The molecule has 0 aliphatic carbocycles. The third-order valence-electron chi connectivity index (χ3n) is 6.00. The number of aliphatic hydroxyl groups is 1. The molecule has 4 rings (SSSR count). The van der Waals surface area contributed by atoms with Gasteiger partial charge in [0.2, 0.25) is 0 Å². The van der Waals surface area contributed by atoms with Gasteiger partial charge < -0.3 is 20.1 Å². The van der Waals surface area contributed by atoms with E-state index in [1.165, 1.54) is 5.56 Å². The van der Waals surface area contributed by atoms with Gasteiger partial charge >= 0.3 is 0 Å². The van der Waals surface area contributed by atoms with E-state index in [0.717, 1.165) is 49.4 Å². The van der Waals surface area contributed by atoms with E-state index in [9.17, 15) is 9.90 Å². The molecule has 1 aromatic carbocycles. The highest BCUT2D eigenvalue weighted by Gasteiger charge is 2.28. The van der Waals surface area contributed by atoms with Gasteiger partial charge in [-0.05, 0) is 42.5 Å². The van der Waals surface area contributed by atoms with E-state index in [2.05, 4.69) is 21.3 Å². The van der Waals surface area contributed by atoms with Crippen LogP contribution in [0.2, 0.25) is 0 Å². The van der Waals surface area contributed by atoms with E-state index < -0.39 is 0 Å². The first-order chi connectivity index (χ1) is 14.6. The number of pyridine rings is 1. The van der Waals surface area contributed by atoms with Crippen molar-refractivity contribution in [1.82, 2.24) is 14.8 Å². The number of carbonyl (C=O) groups excluding carboxylic acids is 1. The van der Waals surface area contributed by atoms with E-state index in [4.69, 9.17) is 4.74 Å². The summed E-state index contributed by atoms with van der Waals surface area (Å²) in [6.45, 7) is 3.03. The molecule has 0 unspecified atom stereocenters. The number of rotatable bonds is 7. The fraction of sp³-hybridized carbons (Fsp3) is 0.478. The Morgan fingerprint density at radius 2 is 2.30 bits per heavy atom. The van der Waals surface area contributed by atoms with Crippen molar-refractivity contribution in [1.29, 1.82) is 0 Å². The summed E-state index contributed by atoms with van der Waals surface area (Å²) in [6.07, 6.45) is 6.15. The van der Waals surface area contributed by atoms with Crippen LogP contribution < -0.4 is 10.1 Å². The SMILES string of the molecule is CN(C(=O)COc1cccc2c1NCCC2)[C@H](CN1CC[C@H](O)C1)c1cccnc1. The highest BCUT2D eigenvalue weighted by Crippen LogP contribution is 2.32. The second-order valence-corrected chi connectivity index (χ2v) is 8.12. The molecular weight excluding hydrogens is 380 g/mol. The molecule has 2 aliphatic rings. The van der Waals surface area contributed by atoms with Crippen LogP contribution in [0.4, 0.5) is 5.69 Å². The number of likely N-dealkylation sites (tertiary alicyclic amines) is 1. The molecule has 1 fully saturated rings. The van der Waals surface area contributed by atoms with Crippen LogP contribution in [-0.2, 0) is 11.2 Å². The van der Waals surface area contributed by atoms with Crippen molar-refractivity contribution in [2.45, 2.75) is 31.4 Å². The Balaban J connectivity index is 1.44. The van der Waals surface area contributed by atoms with Crippen LogP contribution >= 0.6 is 0 Å². The Kier molecular flexibility index (Phi) is 6.50. The Morgan fingerprint density at radius 1 is 1.40 bits per heavy atom. The molecule has 3 heterocycles. The Morgan fingerprint density at radius 3 is 3.07 bits per heavy atom. The number of hydrogen-bond donors (Lipinski definition) is 2. The van der Waals surface area contributed by atoms with Gasteiger partial charge in [-0.2, -0.15) is 0 Å². The third-order valence-corrected chi connectivity index (χ3v) is 6.00. The zero-order valence-corrected chi connectivity index (χ0v) is 17.5. The van der Waals surface area contributed by atoms with Crippen LogP contribution in [0, 0.1) is 0 Å². The molecule has 2 aliphatic heterocycles. The predicted molar refractivity (Wildman–Crippen MR) is 116 cm³/mol. The van der Waals surface area contributed by atoms with Gasteiger partial charge in [-0.25, -0.2) is 0 Å². The molecule has 2 aromatic rings. The number of nitrogens with zero attached hydrogens (tertiary/aromatic N) is 3. The van der Waals surface area contributed by atoms with Crippen LogP contribution in [0.5, 0.6) is 5.75 Å². The standard InChI is InChI=1S/C23H30N4O3/c1-26(20(18-7-3-10-24-13-18)15-27-12-9-19(28)14-27)22(29)16-30-21-8-2-5-17-6-4-11-25-23(17)21/h2-3,5,7-8,10,13,19-20,25,28H,4,6,9,11-12,14-16H2,1H3/t19-,20+/m0/s1. The number of para-hydroxylation sites is 1. The highest BCUT2D eigenvalue weighted by molar-refractivity contribution is 5.78. The summed E-state index contributed by atoms with van der Waals surface area (Å²) in [5, 5.41) is 13.3. The fourth-order valence-corrected chi connectivity index (χ4v) is 4.26. The lowest BCUT2D eigenvalue weighted by molar-refractivity contribution is -0.134. The van der Waals surface area contributed by atoms with E-state index >= 15 is 0 Å². The first-order valence-electron chi connectivity index (χ1n) is 10.7. The summed E-state index contributed by atoms with van der Waals surface area (Å²) in [7, 11) is 1.81. The second kappa shape index (κ2) is 9.45. The van der Waals surface area contributed by atoms with E-state index in [1.807, 2.05) is 31.3 Å². The van der Waals surface area contributed by atoms with Gasteiger partial charge in [-0.3, -0.25) is 14.7 Å². The molecule has 30 heavy (non-hydrogen) atoms. The Bertz CT molecular complexity index is 861.